The van der Waals surface area contributed by atoms with Crippen LogP contribution in [0.3, 0.4) is 0 Å². The van der Waals surface area contributed by atoms with Gasteiger partial charge in [0, 0.05) is 37.9 Å². The smallest absolute Gasteiger partial charge is 0.425 e. The van der Waals surface area contributed by atoms with Crippen molar-refractivity contribution in [3.8, 4) is 11.1 Å². The number of fused-ring (bicyclic) bond motifs is 3. The molecule has 49 heavy (non-hydrogen) atoms. The first-order chi connectivity index (χ1) is 23.4. The van der Waals surface area contributed by atoms with Crippen LogP contribution in [0.25, 0.3) is 11.1 Å². The van der Waals surface area contributed by atoms with E-state index in [0.29, 0.717) is 12.8 Å². The van der Waals surface area contributed by atoms with Crippen molar-refractivity contribution in [1.29, 1.82) is 0 Å². The molecule has 2 aromatic rings. The Kier molecular flexibility index (Phi) is 19.4. The van der Waals surface area contributed by atoms with Crippen LogP contribution >= 0.6 is 0 Å². The van der Waals surface area contributed by atoms with Gasteiger partial charge in [-0.15, -0.1) is 12.6 Å². The van der Waals surface area contributed by atoms with Crippen molar-refractivity contribution < 1.29 is 44.7 Å². The van der Waals surface area contributed by atoms with Crippen molar-refractivity contribution >= 4 is 44.2 Å². The zero-order valence-electron chi connectivity index (χ0n) is 28.3. The minimum Gasteiger partial charge on any atom is -0.465 e. The summed E-state index contributed by atoms with van der Waals surface area (Å²) in [7, 11) is -7.14. The Bertz CT molecular complexity index is 1570. The standard InChI is InChI=1S/C35H50N2O7S.O3S/c1-27(38)44-26-33-30-18-16-15-17-29(30)31-22-21-28(25-32(31)33)37-35(40)20-14-12-10-8-6-4-2-3-5-7-9-11-13-19-34(39)36-23-24-45(41,42)43;1-4(2)3/h15-18,21-22,25,33H,2-14,19-20,23-24,26H2,1H3,(H,36,39)(H,37,40)(H,41,42,43);. The van der Waals surface area contributed by atoms with Gasteiger partial charge in [0.1, 0.15) is 6.61 Å². The summed E-state index contributed by atoms with van der Waals surface area (Å²) in [4.78, 5) is 35.7. The second-order valence-electron chi connectivity index (χ2n) is 12.2. The zero-order valence-corrected chi connectivity index (χ0v) is 29.9. The van der Waals surface area contributed by atoms with Gasteiger partial charge in [-0.05, 0) is 47.2 Å². The van der Waals surface area contributed by atoms with Crippen molar-refractivity contribution in [1.82, 2.24) is 5.32 Å². The molecule has 3 rings (SSSR count). The Morgan fingerprint density at radius 3 is 1.76 bits per heavy atom. The average Bonchev–Trinajstić information content (AvgIpc) is 3.33. The van der Waals surface area contributed by atoms with Crippen LogP contribution in [0, 0.1) is 0 Å². The summed E-state index contributed by atoms with van der Waals surface area (Å²) >= 11 is 0. The molecule has 0 spiro atoms. The first kappa shape index (κ1) is 41.6. The molecular weight excluding hydrogens is 673 g/mol. The van der Waals surface area contributed by atoms with Crippen LogP contribution in [0.1, 0.15) is 120 Å². The lowest BCUT2D eigenvalue weighted by molar-refractivity contribution is -0.141. The van der Waals surface area contributed by atoms with Gasteiger partial charge in [-0.3, -0.25) is 18.9 Å². The van der Waals surface area contributed by atoms with Gasteiger partial charge in [-0.1, -0.05) is 101 Å². The summed E-state index contributed by atoms with van der Waals surface area (Å²) in [6.45, 7) is 1.66. The third-order valence-electron chi connectivity index (χ3n) is 8.28. The topological polar surface area (TPSA) is 190 Å². The Morgan fingerprint density at radius 2 is 1.22 bits per heavy atom. The molecule has 0 aliphatic heterocycles. The minimum absolute atomic E-state index is 0.0286. The van der Waals surface area contributed by atoms with Crippen molar-refractivity contribution in [2.45, 2.75) is 109 Å². The lowest BCUT2D eigenvalue weighted by Gasteiger charge is -2.14. The predicted octanol–water partition coefficient (Wildman–Crippen LogP) is 6.15. The number of carbonyl (C=O) groups excluding carboxylic acids is 3. The van der Waals surface area contributed by atoms with Crippen LogP contribution in [0.4, 0.5) is 5.69 Å². The molecule has 0 bridgehead atoms. The third-order valence-corrected chi connectivity index (χ3v) is 9.00. The van der Waals surface area contributed by atoms with Crippen LogP contribution in [-0.4, -0.2) is 62.3 Å². The second kappa shape index (κ2) is 22.9. The van der Waals surface area contributed by atoms with E-state index in [4.69, 9.17) is 21.9 Å². The van der Waals surface area contributed by atoms with Gasteiger partial charge in [0.25, 0.3) is 10.1 Å². The first-order valence-electron chi connectivity index (χ1n) is 17.0. The van der Waals surface area contributed by atoms with Crippen molar-refractivity contribution in [3.63, 3.8) is 0 Å². The fourth-order valence-corrected chi connectivity index (χ4v) is 6.27. The molecule has 1 unspecified atom stereocenters. The van der Waals surface area contributed by atoms with Gasteiger partial charge in [-0.25, -0.2) is 0 Å². The van der Waals surface area contributed by atoms with Crippen molar-refractivity contribution in [2.75, 3.05) is 24.2 Å². The fraction of sp³-hybridized carbons (Fsp3) is 0.571. The van der Waals surface area contributed by atoms with E-state index < -0.39 is 26.5 Å². The van der Waals surface area contributed by atoms with E-state index in [1.165, 1.54) is 51.9 Å². The van der Waals surface area contributed by atoms with Gasteiger partial charge in [0.2, 0.25) is 11.8 Å². The maximum atomic E-state index is 12.6. The molecule has 1 atom stereocenters. The molecule has 272 valence electrons. The number of hydrogen-bond acceptors (Lipinski definition) is 9. The number of ether oxygens (including phenoxy) is 1. The van der Waals surface area contributed by atoms with Crippen molar-refractivity contribution in [3.05, 3.63) is 53.6 Å². The Balaban J connectivity index is 0.00000197. The van der Waals surface area contributed by atoms with Gasteiger partial charge in [-0.2, -0.15) is 8.42 Å². The molecule has 0 saturated carbocycles. The Morgan fingerprint density at radius 1 is 0.735 bits per heavy atom. The fourth-order valence-electron chi connectivity index (χ4n) is 5.91. The Labute approximate surface area is 291 Å². The number of hydrogen-bond donors (Lipinski definition) is 3. The first-order valence-corrected chi connectivity index (χ1v) is 19.6. The highest BCUT2D eigenvalue weighted by molar-refractivity contribution is 7.85. The normalized spacial score (nSPS) is 13.0. The van der Waals surface area contributed by atoms with Gasteiger partial charge < -0.3 is 15.4 Å². The summed E-state index contributed by atoms with van der Waals surface area (Å²) in [5.74, 6) is -0.925. The second-order valence-corrected chi connectivity index (χ2v) is 14.2. The molecule has 12 nitrogen and oxygen atoms in total. The molecule has 2 aromatic carbocycles. The van der Waals surface area contributed by atoms with E-state index in [1.54, 1.807) is 0 Å². The lowest BCUT2D eigenvalue weighted by Crippen LogP contribution is -2.28. The molecule has 3 N–H and O–H groups in total. The number of amides is 2. The quantitative estimate of drug-likeness (QED) is 0.0722. The maximum absolute atomic E-state index is 12.6. The van der Waals surface area contributed by atoms with Gasteiger partial charge >= 0.3 is 16.6 Å². The van der Waals surface area contributed by atoms with E-state index in [2.05, 4.69) is 22.8 Å². The molecule has 0 saturated heterocycles. The number of benzene rings is 2. The molecular formula is C35H50N2O10S2. The lowest BCUT2D eigenvalue weighted by atomic mass is 9.97. The highest BCUT2D eigenvalue weighted by atomic mass is 32.2. The Hall–Kier alpha value is -3.62. The van der Waals surface area contributed by atoms with E-state index in [1.807, 2.05) is 30.3 Å². The van der Waals surface area contributed by atoms with E-state index in [-0.39, 0.29) is 36.9 Å². The average molecular weight is 723 g/mol. The van der Waals surface area contributed by atoms with Gasteiger partial charge in [0.15, 0.2) is 0 Å². The summed E-state index contributed by atoms with van der Waals surface area (Å²) in [5, 5.41) is 5.57. The summed E-state index contributed by atoms with van der Waals surface area (Å²) in [6.07, 6.45) is 15.4. The zero-order chi connectivity index (χ0) is 36.1. The minimum atomic E-state index is -4.03. The number of unbranched alkanes of at least 4 members (excludes halogenated alkanes) is 12. The number of anilines is 1. The highest BCUT2D eigenvalue weighted by Crippen LogP contribution is 2.45. The molecule has 0 radical (unpaired) electrons. The van der Waals surface area contributed by atoms with E-state index in [0.717, 1.165) is 66.5 Å². The van der Waals surface area contributed by atoms with Gasteiger partial charge in [0.05, 0.1) is 5.75 Å². The SMILES string of the molecule is CC(=O)OCC1c2ccccc2-c2ccc(NC(=O)CCCCCCCCCCCCCCCC(=O)NCCS(=O)(=O)O)cc21.O=S(=O)=O. The molecule has 1 aliphatic carbocycles. The predicted molar refractivity (Wildman–Crippen MR) is 187 cm³/mol. The monoisotopic (exact) mass is 722 g/mol. The van der Waals surface area contributed by atoms with E-state index in [9.17, 15) is 22.8 Å². The maximum Gasteiger partial charge on any atom is 0.425 e. The summed E-state index contributed by atoms with van der Waals surface area (Å²) in [6, 6.07) is 14.2. The molecule has 0 fully saturated rings. The summed E-state index contributed by atoms with van der Waals surface area (Å²) in [5.41, 5.74) is 5.26. The molecule has 14 heteroatoms. The van der Waals surface area contributed by atoms with Crippen LogP contribution in [0.2, 0.25) is 0 Å². The number of nitrogens with one attached hydrogen (secondary N) is 2. The molecule has 1 aliphatic rings. The van der Waals surface area contributed by atoms with Crippen LogP contribution < -0.4 is 10.6 Å². The molecule has 2 amide bonds. The van der Waals surface area contributed by atoms with Crippen LogP contribution in [0.15, 0.2) is 42.5 Å². The summed E-state index contributed by atoms with van der Waals surface area (Å²) < 4.78 is 60.6. The highest BCUT2D eigenvalue weighted by Gasteiger charge is 2.29. The largest absolute Gasteiger partial charge is 0.465 e. The number of rotatable bonds is 22. The molecule has 0 aromatic heterocycles. The number of carbonyl (C=O) groups is 3. The number of esters is 1. The van der Waals surface area contributed by atoms with Crippen LogP contribution in [-0.2, 0) is 39.8 Å². The van der Waals surface area contributed by atoms with Crippen molar-refractivity contribution in [2.24, 2.45) is 0 Å². The molecule has 0 heterocycles. The van der Waals surface area contributed by atoms with Crippen LogP contribution in [0.5, 0.6) is 0 Å². The third kappa shape index (κ3) is 18.1. The van der Waals surface area contributed by atoms with E-state index >= 15 is 0 Å².